The van der Waals surface area contributed by atoms with E-state index >= 15 is 0 Å². The topological polar surface area (TPSA) is 43.8 Å². The average Bonchev–Trinajstić information content (AvgIpc) is 2.60. The number of aromatic nitrogens is 2. The molecule has 0 aliphatic carbocycles. The van der Waals surface area contributed by atoms with E-state index in [0.717, 1.165) is 6.54 Å². The van der Waals surface area contributed by atoms with Crippen LogP contribution in [0.1, 0.15) is 6.92 Å². The normalized spacial score (nSPS) is 13.3. The van der Waals surface area contributed by atoms with Gasteiger partial charge in [-0.05, 0) is 25.3 Å². The summed E-state index contributed by atoms with van der Waals surface area (Å²) in [5.74, 6) is 0. The quantitative estimate of drug-likeness (QED) is 0.807. The highest BCUT2D eigenvalue weighted by atomic mass is 32.2. The molecule has 15 heavy (non-hydrogen) atoms. The second kappa shape index (κ2) is 4.24. The van der Waals surface area contributed by atoms with E-state index in [1.807, 2.05) is 17.8 Å². The molecule has 1 heterocycles. The molecule has 0 unspecified atom stereocenters. The van der Waals surface area contributed by atoms with Gasteiger partial charge in [0.25, 0.3) is 0 Å². The van der Waals surface area contributed by atoms with Gasteiger partial charge in [0.05, 0.1) is 18.3 Å². The highest BCUT2D eigenvalue weighted by Crippen LogP contribution is 2.21. The predicted molar refractivity (Wildman–Crippen MR) is 65.2 cm³/mol. The first-order valence-corrected chi connectivity index (χ1v) is 6.18. The Labute approximate surface area is 93.6 Å². The Balaban J connectivity index is 2.46. The van der Waals surface area contributed by atoms with Crippen molar-refractivity contribution in [2.24, 2.45) is 5.73 Å². The molecule has 80 valence electrons. The molecule has 1 aromatic heterocycles. The van der Waals surface area contributed by atoms with Gasteiger partial charge in [-0.25, -0.2) is 0 Å². The molecule has 0 bridgehead atoms. The van der Waals surface area contributed by atoms with E-state index < -0.39 is 0 Å². The zero-order valence-electron chi connectivity index (χ0n) is 8.97. The van der Waals surface area contributed by atoms with Crippen LogP contribution in [0, 0.1) is 0 Å². The molecule has 0 aliphatic heterocycles. The van der Waals surface area contributed by atoms with Gasteiger partial charge in [0.15, 0.2) is 0 Å². The van der Waals surface area contributed by atoms with Gasteiger partial charge >= 0.3 is 0 Å². The van der Waals surface area contributed by atoms with Crippen molar-refractivity contribution in [3.05, 3.63) is 24.4 Å². The molecule has 0 radical (unpaired) electrons. The number of hydrogen-bond donors (Lipinski definition) is 1. The summed E-state index contributed by atoms with van der Waals surface area (Å²) < 4.78 is 1.97. The highest BCUT2D eigenvalue weighted by Gasteiger charge is 2.04. The number of nitrogens with two attached hydrogens (primary N) is 1. The molecule has 1 atom stereocenters. The maximum absolute atomic E-state index is 5.78. The lowest BCUT2D eigenvalue weighted by Gasteiger charge is -2.07. The highest BCUT2D eigenvalue weighted by molar-refractivity contribution is 7.98. The maximum atomic E-state index is 5.78. The van der Waals surface area contributed by atoms with E-state index in [2.05, 4.69) is 29.6 Å². The van der Waals surface area contributed by atoms with Crippen molar-refractivity contribution in [3.8, 4) is 0 Å². The number of benzene rings is 1. The summed E-state index contributed by atoms with van der Waals surface area (Å²) in [6.45, 7) is 2.76. The van der Waals surface area contributed by atoms with Crippen LogP contribution in [0.2, 0.25) is 0 Å². The third kappa shape index (κ3) is 2.16. The molecule has 0 saturated carbocycles. The summed E-state index contributed by atoms with van der Waals surface area (Å²) in [7, 11) is 0. The van der Waals surface area contributed by atoms with E-state index in [0.29, 0.717) is 0 Å². The van der Waals surface area contributed by atoms with Crippen LogP contribution in [0.4, 0.5) is 0 Å². The van der Waals surface area contributed by atoms with Gasteiger partial charge in [0.2, 0.25) is 0 Å². The molecule has 1 aromatic carbocycles. The van der Waals surface area contributed by atoms with Crippen molar-refractivity contribution in [3.63, 3.8) is 0 Å². The SMILES string of the molecule is CSc1ccc2cnn(C[C@H](C)N)c2c1. The molecule has 0 amide bonds. The Morgan fingerprint density at radius 3 is 3.00 bits per heavy atom. The number of nitrogens with zero attached hydrogens (tertiary/aromatic N) is 2. The van der Waals surface area contributed by atoms with Crippen molar-refractivity contribution in [2.45, 2.75) is 24.4 Å². The first-order chi connectivity index (χ1) is 7.20. The third-order valence-electron chi connectivity index (χ3n) is 2.31. The molecule has 2 aromatic rings. The zero-order valence-corrected chi connectivity index (χ0v) is 9.79. The van der Waals surface area contributed by atoms with Crippen LogP contribution in [-0.2, 0) is 6.54 Å². The summed E-state index contributed by atoms with van der Waals surface area (Å²) in [6.07, 6.45) is 3.97. The van der Waals surface area contributed by atoms with Crippen LogP contribution in [0.15, 0.2) is 29.3 Å². The van der Waals surface area contributed by atoms with Gasteiger partial charge in [-0.2, -0.15) is 5.10 Å². The van der Waals surface area contributed by atoms with Crippen molar-refractivity contribution in [2.75, 3.05) is 6.26 Å². The van der Waals surface area contributed by atoms with Crippen molar-refractivity contribution in [1.82, 2.24) is 9.78 Å². The molecule has 2 N–H and O–H groups in total. The van der Waals surface area contributed by atoms with E-state index in [-0.39, 0.29) is 6.04 Å². The lowest BCUT2D eigenvalue weighted by Crippen LogP contribution is -2.22. The molecule has 3 nitrogen and oxygen atoms in total. The summed E-state index contributed by atoms with van der Waals surface area (Å²) in [5, 5.41) is 5.51. The van der Waals surface area contributed by atoms with Gasteiger partial charge in [-0.15, -0.1) is 11.8 Å². The van der Waals surface area contributed by atoms with Crippen LogP contribution >= 0.6 is 11.8 Å². The molecule has 0 spiro atoms. The summed E-state index contributed by atoms with van der Waals surface area (Å²) in [5.41, 5.74) is 6.95. The van der Waals surface area contributed by atoms with Gasteiger partial charge in [-0.1, -0.05) is 6.07 Å². The third-order valence-corrected chi connectivity index (χ3v) is 3.04. The van der Waals surface area contributed by atoms with Crippen molar-refractivity contribution >= 4 is 22.7 Å². The van der Waals surface area contributed by atoms with Crippen LogP contribution < -0.4 is 5.73 Å². The summed E-state index contributed by atoms with van der Waals surface area (Å²) >= 11 is 1.74. The summed E-state index contributed by atoms with van der Waals surface area (Å²) in [6, 6.07) is 6.51. The van der Waals surface area contributed by atoms with Gasteiger partial charge in [0, 0.05) is 16.3 Å². The predicted octanol–water partition coefficient (Wildman–Crippen LogP) is 2.11. The Morgan fingerprint density at radius 2 is 2.33 bits per heavy atom. The monoisotopic (exact) mass is 221 g/mol. The Kier molecular flexibility index (Phi) is 2.98. The van der Waals surface area contributed by atoms with Gasteiger partial charge in [0.1, 0.15) is 0 Å². The van der Waals surface area contributed by atoms with Crippen molar-refractivity contribution in [1.29, 1.82) is 0 Å². The standard InChI is InChI=1S/C11H15N3S/c1-8(12)7-14-11-5-10(15-2)4-3-9(11)6-13-14/h3-6,8H,7,12H2,1-2H3/t8-/m0/s1. The molecule has 0 aliphatic rings. The minimum atomic E-state index is 0.131. The Morgan fingerprint density at radius 1 is 1.53 bits per heavy atom. The average molecular weight is 221 g/mol. The first kappa shape index (κ1) is 10.5. The van der Waals surface area contributed by atoms with Crippen LogP contribution in [0.3, 0.4) is 0 Å². The van der Waals surface area contributed by atoms with Gasteiger partial charge in [-0.3, -0.25) is 4.68 Å². The molecule has 0 fully saturated rings. The lowest BCUT2D eigenvalue weighted by atomic mass is 10.2. The second-order valence-electron chi connectivity index (χ2n) is 3.73. The van der Waals surface area contributed by atoms with Crippen molar-refractivity contribution < 1.29 is 0 Å². The number of hydrogen-bond acceptors (Lipinski definition) is 3. The van der Waals surface area contributed by atoms with E-state index in [4.69, 9.17) is 5.73 Å². The fourth-order valence-corrected chi connectivity index (χ4v) is 2.03. The minimum absolute atomic E-state index is 0.131. The Bertz CT molecular complexity index is 462. The molecule has 2 rings (SSSR count). The largest absolute Gasteiger partial charge is 0.326 e. The van der Waals surface area contributed by atoms with Gasteiger partial charge < -0.3 is 5.73 Å². The smallest absolute Gasteiger partial charge is 0.0694 e. The van der Waals surface area contributed by atoms with E-state index in [9.17, 15) is 0 Å². The number of fused-ring (bicyclic) bond motifs is 1. The van der Waals surface area contributed by atoms with E-state index in [1.54, 1.807) is 11.8 Å². The van der Waals surface area contributed by atoms with Crippen LogP contribution in [0.25, 0.3) is 10.9 Å². The molecular formula is C11H15N3S. The Hall–Kier alpha value is -1.00. The van der Waals surface area contributed by atoms with E-state index in [1.165, 1.54) is 15.8 Å². The molecule has 4 heteroatoms. The fourth-order valence-electron chi connectivity index (χ4n) is 1.60. The fraction of sp³-hybridized carbons (Fsp3) is 0.364. The lowest BCUT2D eigenvalue weighted by molar-refractivity contribution is 0.553. The molecule has 0 saturated heterocycles. The van der Waals surface area contributed by atoms with Crippen LogP contribution in [-0.4, -0.2) is 22.1 Å². The first-order valence-electron chi connectivity index (χ1n) is 4.96. The second-order valence-corrected chi connectivity index (χ2v) is 4.61. The number of thioether (sulfide) groups is 1. The number of rotatable bonds is 3. The van der Waals surface area contributed by atoms with Crippen LogP contribution in [0.5, 0.6) is 0 Å². The summed E-state index contributed by atoms with van der Waals surface area (Å²) in [4.78, 5) is 1.26. The maximum Gasteiger partial charge on any atom is 0.0694 e. The zero-order chi connectivity index (χ0) is 10.8. The molecular weight excluding hydrogens is 206 g/mol. The minimum Gasteiger partial charge on any atom is -0.326 e.